The van der Waals surface area contributed by atoms with Gasteiger partial charge >= 0.3 is 0 Å². The van der Waals surface area contributed by atoms with E-state index in [1.807, 2.05) is 6.08 Å². The molecule has 1 aromatic rings. The Morgan fingerprint density at radius 3 is 3.17 bits per heavy atom. The zero-order valence-corrected chi connectivity index (χ0v) is 7.63. The fourth-order valence-corrected chi connectivity index (χ4v) is 1.44. The van der Waals surface area contributed by atoms with E-state index in [1.54, 1.807) is 6.20 Å². The molecule has 1 rings (SSSR count). The topological polar surface area (TPSA) is 46.0 Å². The maximum atomic E-state index is 9.53. The molecule has 0 aliphatic heterocycles. The SMILES string of the molecule is C=CCCCC(O)c1cnns1. The van der Waals surface area contributed by atoms with Crippen molar-refractivity contribution >= 4 is 11.5 Å². The third kappa shape index (κ3) is 2.71. The maximum Gasteiger partial charge on any atom is 0.0914 e. The first-order valence-corrected chi connectivity index (χ1v) is 4.68. The predicted octanol–water partition coefficient (Wildman–Crippen LogP) is 1.93. The second-order valence-electron chi connectivity index (χ2n) is 2.56. The molecule has 1 aromatic heterocycles. The summed E-state index contributed by atoms with van der Waals surface area (Å²) in [6, 6.07) is 0. The summed E-state index contributed by atoms with van der Waals surface area (Å²) in [7, 11) is 0. The number of aliphatic hydroxyl groups excluding tert-OH is 1. The quantitative estimate of drug-likeness (QED) is 0.561. The Kier molecular flexibility index (Phi) is 3.90. The Balaban J connectivity index is 2.29. The summed E-state index contributed by atoms with van der Waals surface area (Å²) in [5, 5.41) is 13.2. The number of unbranched alkanes of at least 4 members (excludes halogenated alkanes) is 1. The van der Waals surface area contributed by atoms with Crippen molar-refractivity contribution in [3.05, 3.63) is 23.7 Å². The molecule has 0 aliphatic rings. The van der Waals surface area contributed by atoms with Crippen LogP contribution in [0.15, 0.2) is 18.9 Å². The zero-order chi connectivity index (χ0) is 8.81. The summed E-state index contributed by atoms with van der Waals surface area (Å²) < 4.78 is 3.68. The van der Waals surface area contributed by atoms with Crippen LogP contribution in [0.2, 0.25) is 0 Å². The van der Waals surface area contributed by atoms with Gasteiger partial charge in [-0.2, -0.15) is 0 Å². The molecule has 0 saturated heterocycles. The highest BCUT2D eigenvalue weighted by molar-refractivity contribution is 7.05. The van der Waals surface area contributed by atoms with Gasteiger partial charge in [-0.1, -0.05) is 10.6 Å². The van der Waals surface area contributed by atoms with Crippen molar-refractivity contribution in [1.29, 1.82) is 0 Å². The van der Waals surface area contributed by atoms with Crippen LogP contribution in [-0.4, -0.2) is 14.7 Å². The average Bonchev–Trinajstić information content (AvgIpc) is 2.56. The van der Waals surface area contributed by atoms with Crippen LogP contribution in [0.4, 0.5) is 0 Å². The van der Waals surface area contributed by atoms with E-state index in [0.29, 0.717) is 0 Å². The van der Waals surface area contributed by atoms with Crippen LogP contribution < -0.4 is 0 Å². The summed E-state index contributed by atoms with van der Waals surface area (Å²) >= 11 is 1.25. The molecule has 0 spiro atoms. The molecule has 3 nitrogen and oxygen atoms in total. The van der Waals surface area contributed by atoms with Crippen LogP contribution in [0.25, 0.3) is 0 Å². The van der Waals surface area contributed by atoms with E-state index in [-0.39, 0.29) is 0 Å². The van der Waals surface area contributed by atoms with Crippen molar-refractivity contribution in [2.24, 2.45) is 0 Å². The molecule has 0 radical (unpaired) electrons. The molecule has 4 heteroatoms. The molecular formula is C8H12N2OS. The van der Waals surface area contributed by atoms with E-state index in [1.165, 1.54) is 11.5 Å². The van der Waals surface area contributed by atoms with Gasteiger partial charge in [0.05, 0.1) is 17.2 Å². The van der Waals surface area contributed by atoms with E-state index >= 15 is 0 Å². The number of allylic oxidation sites excluding steroid dienone is 1. The maximum absolute atomic E-state index is 9.53. The fourth-order valence-electron chi connectivity index (χ4n) is 0.919. The van der Waals surface area contributed by atoms with Gasteiger partial charge in [-0.3, -0.25) is 0 Å². The summed E-state index contributed by atoms with van der Waals surface area (Å²) in [6.45, 7) is 3.62. The minimum Gasteiger partial charge on any atom is -0.387 e. The van der Waals surface area contributed by atoms with Crippen molar-refractivity contribution in [3.63, 3.8) is 0 Å². The Hall–Kier alpha value is -0.740. The molecule has 0 saturated carbocycles. The number of nitrogens with zero attached hydrogens (tertiary/aromatic N) is 2. The van der Waals surface area contributed by atoms with Crippen LogP contribution in [0.3, 0.4) is 0 Å². The van der Waals surface area contributed by atoms with E-state index in [2.05, 4.69) is 16.2 Å². The second-order valence-corrected chi connectivity index (χ2v) is 3.37. The van der Waals surface area contributed by atoms with Gasteiger partial charge in [0.25, 0.3) is 0 Å². The van der Waals surface area contributed by atoms with Gasteiger partial charge in [0.1, 0.15) is 0 Å². The van der Waals surface area contributed by atoms with Crippen LogP contribution in [-0.2, 0) is 0 Å². The number of hydrogen-bond acceptors (Lipinski definition) is 4. The van der Waals surface area contributed by atoms with Crippen LogP contribution in [0.1, 0.15) is 30.2 Å². The second kappa shape index (κ2) is 5.00. The van der Waals surface area contributed by atoms with Gasteiger partial charge in [-0.05, 0) is 30.8 Å². The predicted molar refractivity (Wildman–Crippen MR) is 48.9 cm³/mol. The Labute approximate surface area is 75.9 Å². The molecule has 0 aromatic carbocycles. The molecule has 1 unspecified atom stereocenters. The highest BCUT2D eigenvalue weighted by Gasteiger charge is 2.08. The first kappa shape index (κ1) is 9.35. The summed E-state index contributed by atoms with van der Waals surface area (Å²) in [5.41, 5.74) is 0. The van der Waals surface area contributed by atoms with E-state index in [4.69, 9.17) is 0 Å². The lowest BCUT2D eigenvalue weighted by molar-refractivity contribution is 0.168. The molecular weight excluding hydrogens is 172 g/mol. The van der Waals surface area contributed by atoms with Gasteiger partial charge in [-0.25, -0.2) is 0 Å². The summed E-state index contributed by atoms with van der Waals surface area (Å²) in [4.78, 5) is 0.846. The van der Waals surface area contributed by atoms with Crippen LogP contribution in [0, 0.1) is 0 Å². The molecule has 1 heterocycles. The van der Waals surface area contributed by atoms with Gasteiger partial charge < -0.3 is 5.11 Å². The number of rotatable bonds is 5. The lowest BCUT2D eigenvalue weighted by atomic mass is 10.1. The monoisotopic (exact) mass is 184 g/mol. The van der Waals surface area contributed by atoms with Gasteiger partial charge in [0, 0.05) is 0 Å². The number of hydrogen-bond donors (Lipinski definition) is 1. The highest BCUT2D eigenvalue weighted by Crippen LogP contribution is 2.20. The first-order chi connectivity index (χ1) is 5.84. The standard InChI is InChI=1S/C8H12N2OS/c1-2-3-4-5-7(11)8-6-9-10-12-8/h2,6-7,11H,1,3-5H2. The lowest BCUT2D eigenvalue weighted by Gasteiger charge is -2.04. The van der Waals surface area contributed by atoms with E-state index in [0.717, 1.165) is 24.1 Å². The highest BCUT2D eigenvalue weighted by atomic mass is 32.1. The molecule has 0 bridgehead atoms. The Morgan fingerprint density at radius 2 is 2.58 bits per heavy atom. The number of aromatic nitrogens is 2. The Bertz CT molecular complexity index is 223. The Morgan fingerprint density at radius 1 is 1.75 bits per heavy atom. The fraction of sp³-hybridized carbons (Fsp3) is 0.500. The normalized spacial score (nSPS) is 12.8. The van der Waals surface area contributed by atoms with Gasteiger partial charge in [0.2, 0.25) is 0 Å². The minimum absolute atomic E-state index is 0.398. The molecule has 12 heavy (non-hydrogen) atoms. The first-order valence-electron chi connectivity index (χ1n) is 3.91. The molecule has 66 valence electrons. The molecule has 0 aliphatic carbocycles. The summed E-state index contributed by atoms with van der Waals surface area (Å²) in [6.07, 6.45) is 5.74. The van der Waals surface area contributed by atoms with Crippen molar-refractivity contribution in [1.82, 2.24) is 9.59 Å². The molecule has 1 N–H and O–H groups in total. The average molecular weight is 184 g/mol. The third-order valence-corrected chi connectivity index (χ3v) is 2.36. The van der Waals surface area contributed by atoms with Crippen LogP contribution >= 0.6 is 11.5 Å². The minimum atomic E-state index is -0.398. The third-order valence-electron chi connectivity index (χ3n) is 1.59. The molecule has 0 amide bonds. The lowest BCUT2D eigenvalue weighted by Crippen LogP contribution is -1.93. The van der Waals surface area contributed by atoms with Crippen molar-refractivity contribution < 1.29 is 5.11 Å². The van der Waals surface area contributed by atoms with E-state index in [9.17, 15) is 5.11 Å². The van der Waals surface area contributed by atoms with Crippen molar-refractivity contribution in [2.45, 2.75) is 25.4 Å². The van der Waals surface area contributed by atoms with Crippen molar-refractivity contribution in [2.75, 3.05) is 0 Å². The van der Waals surface area contributed by atoms with Crippen LogP contribution in [0.5, 0.6) is 0 Å². The number of aliphatic hydroxyl groups is 1. The van der Waals surface area contributed by atoms with Gasteiger partial charge in [-0.15, -0.1) is 11.7 Å². The molecule has 0 fully saturated rings. The molecule has 1 atom stereocenters. The smallest absolute Gasteiger partial charge is 0.0914 e. The zero-order valence-electron chi connectivity index (χ0n) is 6.81. The van der Waals surface area contributed by atoms with Crippen molar-refractivity contribution in [3.8, 4) is 0 Å². The van der Waals surface area contributed by atoms with Gasteiger partial charge in [0.15, 0.2) is 0 Å². The summed E-state index contributed by atoms with van der Waals surface area (Å²) in [5.74, 6) is 0. The largest absolute Gasteiger partial charge is 0.387 e. The van der Waals surface area contributed by atoms with E-state index < -0.39 is 6.10 Å².